The minimum Gasteiger partial charge on any atom is -0.489 e. The minimum absolute atomic E-state index is 0.00964. The number of halogens is 1. The highest BCUT2D eigenvalue weighted by molar-refractivity contribution is 14.1. The standard InChI is InChI=1S/C25H20IN3O4S/c26-19-13-22-23(16-29(25(22)28-15-19)34(30,31)21-4-2-1-3-5-21)17-6-7-24(18(12-17)14-27)33-20-8-10-32-11-9-20/h1-7,12-13,15-16,20H,8-11H2. The summed E-state index contributed by atoms with van der Waals surface area (Å²) in [5.41, 5.74) is 2.12. The zero-order valence-electron chi connectivity index (χ0n) is 18.0. The van der Waals surface area contributed by atoms with E-state index in [1.54, 1.807) is 54.9 Å². The molecule has 4 aromatic rings. The SMILES string of the molecule is N#Cc1cc(-c2cn(S(=O)(=O)c3ccccc3)c3ncc(I)cc23)ccc1OC1CCOCC1. The van der Waals surface area contributed by atoms with E-state index in [1.165, 1.54) is 3.97 Å². The van der Waals surface area contributed by atoms with Crippen LogP contribution in [0.4, 0.5) is 0 Å². The van der Waals surface area contributed by atoms with Crippen LogP contribution in [0.25, 0.3) is 22.2 Å². The van der Waals surface area contributed by atoms with E-state index in [1.807, 2.05) is 12.1 Å². The maximum absolute atomic E-state index is 13.4. The van der Waals surface area contributed by atoms with E-state index in [4.69, 9.17) is 9.47 Å². The second-order valence-electron chi connectivity index (χ2n) is 7.93. The second-order valence-corrected chi connectivity index (χ2v) is 11.0. The molecule has 1 saturated heterocycles. The van der Waals surface area contributed by atoms with E-state index < -0.39 is 10.0 Å². The number of rotatable bonds is 5. The summed E-state index contributed by atoms with van der Waals surface area (Å²) in [5, 5.41) is 10.5. The molecule has 0 bridgehead atoms. The van der Waals surface area contributed by atoms with Crippen molar-refractivity contribution in [2.45, 2.75) is 23.8 Å². The van der Waals surface area contributed by atoms with Crippen molar-refractivity contribution in [3.63, 3.8) is 0 Å². The lowest BCUT2D eigenvalue weighted by Crippen LogP contribution is -2.26. The number of nitriles is 1. The number of pyridine rings is 1. The van der Waals surface area contributed by atoms with Gasteiger partial charge in [0, 0.05) is 39.8 Å². The first-order valence-corrected chi connectivity index (χ1v) is 13.3. The number of hydrogen-bond acceptors (Lipinski definition) is 6. The number of benzene rings is 2. The summed E-state index contributed by atoms with van der Waals surface area (Å²) in [4.78, 5) is 4.61. The van der Waals surface area contributed by atoms with E-state index in [-0.39, 0.29) is 11.0 Å². The molecular formula is C25H20IN3O4S. The zero-order valence-corrected chi connectivity index (χ0v) is 21.0. The van der Waals surface area contributed by atoms with Crippen LogP contribution in [0, 0.1) is 14.9 Å². The summed E-state index contributed by atoms with van der Waals surface area (Å²) >= 11 is 2.15. The van der Waals surface area contributed by atoms with E-state index in [9.17, 15) is 13.7 Å². The molecule has 1 aliphatic rings. The van der Waals surface area contributed by atoms with Gasteiger partial charge in [0.25, 0.3) is 10.0 Å². The predicted molar refractivity (Wildman–Crippen MR) is 136 cm³/mol. The highest BCUT2D eigenvalue weighted by Gasteiger charge is 2.24. The number of ether oxygens (including phenoxy) is 2. The Kier molecular flexibility index (Phi) is 6.29. The van der Waals surface area contributed by atoms with Gasteiger partial charge in [-0.1, -0.05) is 24.3 Å². The maximum atomic E-state index is 13.4. The highest BCUT2D eigenvalue weighted by atomic mass is 127. The molecule has 0 saturated carbocycles. The summed E-state index contributed by atoms with van der Waals surface area (Å²) in [5.74, 6) is 0.520. The second kappa shape index (κ2) is 9.37. The lowest BCUT2D eigenvalue weighted by atomic mass is 10.0. The van der Waals surface area contributed by atoms with Crippen molar-refractivity contribution in [2.24, 2.45) is 0 Å². The maximum Gasteiger partial charge on any atom is 0.269 e. The van der Waals surface area contributed by atoms with Crippen LogP contribution in [0.3, 0.4) is 0 Å². The van der Waals surface area contributed by atoms with Crippen molar-refractivity contribution < 1.29 is 17.9 Å². The van der Waals surface area contributed by atoms with Gasteiger partial charge in [-0.25, -0.2) is 17.4 Å². The van der Waals surface area contributed by atoms with Gasteiger partial charge in [0.1, 0.15) is 17.9 Å². The van der Waals surface area contributed by atoms with Gasteiger partial charge >= 0.3 is 0 Å². The van der Waals surface area contributed by atoms with Gasteiger partial charge in [-0.3, -0.25) is 0 Å². The van der Waals surface area contributed by atoms with E-state index in [2.05, 4.69) is 33.6 Å². The van der Waals surface area contributed by atoms with Gasteiger partial charge in [0.05, 0.1) is 23.7 Å². The lowest BCUT2D eigenvalue weighted by molar-refractivity contribution is 0.0254. The van der Waals surface area contributed by atoms with Crippen molar-refractivity contribution in [1.29, 1.82) is 5.26 Å². The highest BCUT2D eigenvalue weighted by Crippen LogP contribution is 2.35. The van der Waals surface area contributed by atoms with Crippen LogP contribution < -0.4 is 4.74 Å². The Morgan fingerprint density at radius 3 is 2.62 bits per heavy atom. The van der Waals surface area contributed by atoms with Crippen molar-refractivity contribution in [3.05, 3.63) is 76.1 Å². The molecule has 1 aliphatic heterocycles. The summed E-state index contributed by atoms with van der Waals surface area (Å²) in [6.45, 7) is 1.29. The van der Waals surface area contributed by atoms with Gasteiger partial charge < -0.3 is 9.47 Å². The third-order valence-corrected chi connectivity index (χ3v) is 8.01. The first-order valence-electron chi connectivity index (χ1n) is 10.7. The molecule has 5 rings (SSSR count). The molecule has 7 nitrogen and oxygen atoms in total. The molecule has 1 fully saturated rings. The van der Waals surface area contributed by atoms with E-state index in [0.717, 1.165) is 16.4 Å². The molecule has 2 aromatic carbocycles. The molecule has 172 valence electrons. The lowest BCUT2D eigenvalue weighted by Gasteiger charge is -2.23. The first-order chi connectivity index (χ1) is 16.5. The minimum atomic E-state index is -3.86. The number of aromatic nitrogens is 2. The Labute approximate surface area is 211 Å². The fraction of sp³-hybridized carbons (Fsp3) is 0.200. The predicted octanol–water partition coefficient (Wildman–Crippen LogP) is 4.97. The molecule has 34 heavy (non-hydrogen) atoms. The van der Waals surface area contributed by atoms with E-state index in [0.29, 0.717) is 46.7 Å². The fourth-order valence-corrected chi connectivity index (χ4v) is 5.83. The van der Waals surface area contributed by atoms with Crippen LogP contribution in [-0.4, -0.2) is 36.7 Å². The van der Waals surface area contributed by atoms with Gasteiger partial charge in [-0.2, -0.15) is 5.26 Å². The average molecular weight is 585 g/mol. The average Bonchev–Trinajstić information content (AvgIpc) is 3.25. The van der Waals surface area contributed by atoms with Crippen LogP contribution in [0.5, 0.6) is 5.75 Å². The molecule has 3 heterocycles. The molecule has 0 spiro atoms. The number of nitrogens with zero attached hydrogens (tertiary/aromatic N) is 3. The Morgan fingerprint density at radius 2 is 1.88 bits per heavy atom. The monoisotopic (exact) mass is 585 g/mol. The molecule has 2 aromatic heterocycles. The normalized spacial score (nSPS) is 14.7. The number of hydrogen-bond donors (Lipinski definition) is 0. The Bertz CT molecular complexity index is 1500. The quantitative estimate of drug-likeness (QED) is 0.307. The third-order valence-electron chi connectivity index (χ3n) is 5.75. The molecule has 0 amide bonds. The Hall–Kier alpha value is -2.94. The van der Waals surface area contributed by atoms with Crippen LogP contribution in [0.2, 0.25) is 0 Å². The third kappa shape index (κ3) is 4.29. The molecule has 0 atom stereocenters. The molecular weight excluding hydrogens is 565 g/mol. The smallest absolute Gasteiger partial charge is 0.269 e. The summed E-state index contributed by atoms with van der Waals surface area (Å²) in [7, 11) is -3.86. The molecule has 9 heteroatoms. The van der Waals surface area contributed by atoms with Gasteiger partial charge in [0.2, 0.25) is 0 Å². The largest absolute Gasteiger partial charge is 0.489 e. The fourth-order valence-electron chi connectivity index (χ4n) is 4.03. The van der Waals surface area contributed by atoms with Crippen molar-refractivity contribution >= 4 is 43.6 Å². The zero-order chi connectivity index (χ0) is 23.7. The van der Waals surface area contributed by atoms with Crippen molar-refractivity contribution in [2.75, 3.05) is 13.2 Å². The van der Waals surface area contributed by atoms with Crippen molar-refractivity contribution in [1.82, 2.24) is 8.96 Å². The summed E-state index contributed by atoms with van der Waals surface area (Å²) in [6.07, 6.45) is 4.78. The van der Waals surface area contributed by atoms with Gasteiger partial charge in [-0.15, -0.1) is 0 Å². The molecule has 0 aliphatic carbocycles. The van der Waals surface area contributed by atoms with Crippen molar-refractivity contribution in [3.8, 4) is 22.9 Å². The molecule has 0 N–H and O–H groups in total. The Balaban J connectivity index is 1.62. The summed E-state index contributed by atoms with van der Waals surface area (Å²) in [6, 6.07) is 17.7. The Morgan fingerprint density at radius 1 is 1.12 bits per heavy atom. The van der Waals surface area contributed by atoms with E-state index >= 15 is 0 Å². The van der Waals surface area contributed by atoms with Crippen LogP contribution in [0.1, 0.15) is 18.4 Å². The first kappa shape index (κ1) is 22.8. The topological polar surface area (TPSA) is 94.2 Å². The van der Waals surface area contributed by atoms with Gasteiger partial charge in [-0.05, 0) is 58.5 Å². The van der Waals surface area contributed by atoms with Crippen LogP contribution in [-0.2, 0) is 14.8 Å². The van der Waals surface area contributed by atoms with Gasteiger partial charge in [0.15, 0.2) is 5.65 Å². The van der Waals surface area contributed by atoms with Crippen LogP contribution in [0.15, 0.2) is 71.9 Å². The van der Waals surface area contributed by atoms with Crippen LogP contribution >= 0.6 is 22.6 Å². The summed E-state index contributed by atoms with van der Waals surface area (Å²) < 4.78 is 40.4. The molecule has 0 unspecified atom stereocenters. The molecule has 0 radical (unpaired) electrons. The number of fused-ring (bicyclic) bond motifs is 1.